The van der Waals surface area contributed by atoms with Gasteiger partial charge in [0, 0.05) is 19.7 Å². The van der Waals surface area contributed by atoms with Crippen molar-refractivity contribution in [1.29, 1.82) is 0 Å². The van der Waals surface area contributed by atoms with Crippen LogP contribution in [0.15, 0.2) is 53.1 Å². The fraction of sp³-hybridized carbons (Fsp3) is 0.294. The van der Waals surface area contributed by atoms with Crippen LogP contribution in [0.5, 0.6) is 0 Å². The van der Waals surface area contributed by atoms with Crippen molar-refractivity contribution < 1.29 is 19.3 Å². The van der Waals surface area contributed by atoms with Crippen LogP contribution >= 0.6 is 0 Å². The molecule has 23 heavy (non-hydrogen) atoms. The van der Waals surface area contributed by atoms with Crippen LogP contribution in [0.1, 0.15) is 17.4 Å². The van der Waals surface area contributed by atoms with Gasteiger partial charge >= 0.3 is 0 Å². The van der Waals surface area contributed by atoms with E-state index in [9.17, 15) is 9.59 Å². The number of likely N-dealkylation sites (N-methyl/N-ethyl adjacent to an activating group) is 2. The molecule has 0 unspecified atom stereocenters. The normalized spacial score (nSPS) is 11.7. The molecule has 1 aromatic heterocycles. The lowest BCUT2D eigenvalue weighted by molar-refractivity contribution is -0.679. The molecule has 2 aromatic rings. The second-order valence-electron chi connectivity index (χ2n) is 5.27. The quantitative estimate of drug-likeness (QED) is 0.762. The topological polar surface area (TPSA) is 79.2 Å². The van der Waals surface area contributed by atoms with Crippen LogP contribution in [-0.4, -0.2) is 43.9 Å². The fourth-order valence-electron chi connectivity index (χ4n) is 2.30. The summed E-state index contributed by atoms with van der Waals surface area (Å²) < 4.78 is 5.50. The van der Waals surface area contributed by atoms with E-state index in [1.54, 1.807) is 20.4 Å². The summed E-state index contributed by atoms with van der Waals surface area (Å²) in [6.07, 6.45) is 1.62. The highest BCUT2D eigenvalue weighted by Gasteiger charge is 2.22. The van der Waals surface area contributed by atoms with Gasteiger partial charge in [-0.25, -0.2) is 0 Å². The Balaban J connectivity index is 2.02. The molecule has 0 fully saturated rings. The Morgan fingerprint density at radius 1 is 1.22 bits per heavy atom. The summed E-state index contributed by atoms with van der Waals surface area (Å²) in [4.78, 5) is 24.9. The van der Waals surface area contributed by atoms with E-state index in [0.717, 1.165) is 11.3 Å². The molecule has 0 spiro atoms. The third-order valence-corrected chi connectivity index (χ3v) is 3.62. The van der Waals surface area contributed by atoms with Gasteiger partial charge < -0.3 is 20.0 Å². The molecule has 1 aromatic carbocycles. The summed E-state index contributed by atoms with van der Waals surface area (Å²) in [5.74, 6) is 0.491. The molecule has 6 nitrogen and oxygen atoms in total. The monoisotopic (exact) mass is 316 g/mol. The predicted molar refractivity (Wildman–Crippen MR) is 85.5 cm³/mol. The maximum Gasteiger partial charge on any atom is 0.277 e. The van der Waals surface area contributed by atoms with E-state index < -0.39 is 0 Å². The Labute approximate surface area is 135 Å². The van der Waals surface area contributed by atoms with Gasteiger partial charge in [0.05, 0.1) is 12.8 Å². The summed E-state index contributed by atoms with van der Waals surface area (Å²) in [7, 11) is 3.17. The zero-order valence-electron chi connectivity index (χ0n) is 13.4. The molecule has 0 aliphatic rings. The summed E-state index contributed by atoms with van der Waals surface area (Å²) in [6, 6.07) is 13.5. The molecule has 1 atom stereocenters. The average Bonchev–Trinajstić information content (AvgIpc) is 3.10. The number of nitrogens with one attached hydrogen (secondary N) is 1. The van der Waals surface area contributed by atoms with E-state index in [1.807, 2.05) is 47.8 Å². The molecule has 2 amide bonds. The molecule has 0 bridgehead atoms. The first kappa shape index (κ1) is 16.8. The molecule has 0 saturated carbocycles. The SMILES string of the molecule is CNC(=O)CN(C)C(=O)C[NH2+][C@H](c1ccccc1)c1ccco1. The Morgan fingerprint density at radius 3 is 2.57 bits per heavy atom. The lowest BCUT2D eigenvalue weighted by atomic mass is 10.0. The van der Waals surface area contributed by atoms with Crippen molar-refractivity contribution in [3.05, 3.63) is 60.1 Å². The average molecular weight is 316 g/mol. The van der Waals surface area contributed by atoms with Gasteiger partial charge in [-0.1, -0.05) is 30.3 Å². The Hall–Kier alpha value is -2.60. The first-order chi connectivity index (χ1) is 11.1. The van der Waals surface area contributed by atoms with Crippen LogP contribution in [0.2, 0.25) is 0 Å². The van der Waals surface area contributed by atoms with Crippen molar-refractivity contribution in [1.82, 2.24) is 10.2 Å². The minimum absolute atomic E-state index is 0.0555. The first-order valence-corrected chi connectivity index (χ1v) is 7.48. The van der Waals surface area contributed by atoms with E-state index >= 15 is 0 Å². The number of rotatable bonds is 7. The van der Waals surface area contributed by atoms with Crippen LogP contribution in [0.25, 0.3) is 0 Å². The molecule has 122 valence electrons. The highest BCUT2D eigenvalue weighted by atomic mass is 16.3. The van der Waals surface area contributed by atoms with E-state index in [-0.39, 0.29) is 30.9 Å². The van der Waals surface area contributed by atoms with Crippen LogP contribution in [0.3, 0.4) is 0 Å². The van der Waals surface area contributed by atoms with E-state index in [1.165, 1.54) is 4.90 Å². The van der Waals surface area contributed by atoms with Gasteiger partial charge in [-0.05, 0) is 12.1 Å². The fourth-order valence-corrected chi connectivity index (χ4v) is 2.30. The highest BCUT2D eigenvalue weighted by Crippen LogP contribution is 2.18. The molecular weight excluding hydrogens is 294 g/mol. The minimum Gasteiger partial charge on any atom is -0.463 e. The van der Waals surface area contributed by atoms with Crippen LogP contribution in [-0.2, 0) is 9.59 Å². The summed E-state index contributed by atoms with van der Waals surface area (Å²) in [6.45, 7) is 0.285. The lowest BCUT2D eigenvalue weighted by Crippen LogP contribution is -2.87. The second kappa shape index (κ2) is 8.14. The standard InChI is InChI=1S/C17H21N3O3/c1-18-15(21)12-20(2)16(22)11-19-17(14-9-6-10-23-14)13-7-4-3-5-8-13/h3-10,17,19H,11-12H2,1-2H3,(H,18,21)/p+1/t17-/m1/s1. The molecule has 2 rings (SSSR count). The van der Waals surface area contributed by atoms with Crippen molar-refractivity contribution in [2.24, 2.45) is 0 Å². The van der Waals surface area contributed by atoms with Crippen molar-refractivity contribution in [3.8, 4) is 0 Å². The largest absolute Gasteiger partial charge is 0.463 e. The number of carbonyl (C=O) groups excluding carboxylic acids is 2. The Kier molecular flexibility index (Phi) is 5.94. The Bertz CT molecular complexity index is 626. The second-order valence-corrected chi connectivity index (χ2v) is 5.27. The molecular formula is C17H22N3O3+. The molecule has 6 heteroatoms. The molecule has 0 aliphatic carbocycles. The smallest absolute Gasteiger partial charge is 0.277 e. The van der Waals surface area contributed by atoms with Crippen LogP contribution < -0.4 is 10.6 Å². The minimum atomic E-state index is -0.188. The van der Waals surface area contributed by atoms with E-state index in [2.05, 4.69) is 5.32 Å². The number of hydrogen-bond acceptors (Lipinski definition) is 3. The number of furan rings is 1. The molecule has 0 radical (unpaired) electrons. The number of quaternary nitrogens is 1. The van der Waals surface area contributed by atoms with E-state index in [0.29, 0.717) is 0 Å². The summed E-state index contributed by atoms with van der Waals surface area (Å²) in [5, 5.41) is 4.42. The Morgan fingerprint density at radius 2 is 1.96 bits per heavy atom. The maximum atomic E-state index is 12.2. The number of carbonyl (C=O) groups is 2. The number of amides is 2. The summed E-state index contributed by atoms with van der Waals surface area (Å²) >= 11 is 0. The summed E-state index contributed by atoms with van der Waals surface area (Å²) in [5.41, 5.74) is 1.06. The van der Waals surface area contributed by atoms with E-state index in [4.69, 9.17) is 4.42 Å². The number of hydrogen-bond donors (Lipinski definition) is 2. The highest BCUT2D eigenvalue weighted by molar-refractivity contribution is 5.84. The van der Waals surface area contributed by atoms with Gasteiger partial charge in [-0.15, -0.1) is 0 Å². The number of benzene rings is 1. The maximum absolute atomic E-state index is 12.2. The number of nitrogens with two attached hydrogens (primary N) is 1. The molecule has 0 aliphatic heterocycles. The van der Waals surface area contributed by atoms with Crippen LogP contribution in [0, 0.1) is 0 Å². The van der Waals surface area contributed by atoms with Gasteiger partial charge in [0.15, 0.2) is 18.3 Å². The van der Waals surface area contributed by atoms with Crippen molar-refractivity contribution in [2.45, 2.75) is 6.04 Å². The van der Waals surface area contributed by atoms with Gasteiger partial charge in [-0.2, -0.15) is 0 Å². The van der Waals surface area contributed by atoms with Crippen molar-refractivity contribution >= 4 is 11.8 Å². The van der Waals surface area contributed by atoms with Gasteiger partial charge in [0.25, 0.3) is 5.91 Å². The van der Waals surface area contributed by atoms with Crippen LogP contribution in [0.4, 0.5) is 0 Å². The van der Waals surface area contributed by atoms with Gasteiger partial charge in [0.2, 0.25) is 5.91 Å². The predicted octanol–water partition coefficient (Wildman–Crippen LogP) is 0.137. The first-order valence-electron chi connectivity index (χ1n) is 7.48. The van der Waals surface area contributed by atoms with Gasteiger partial charge in [0.1, 0.15) is 0 Å². The lowest BCUT2D eigenvalue weighted by Gasteiger charge is -2.18. The molecule has 1 heterocycles. The zero-order chi connectivity index (χ0) is 16.7. The molecule has 3 N–H and O–H groups in total. The van der Waals surface area contributed by atoms with Gasteiger partial charge in [-0.3, -0.25) is 9.59 Å². The molecule has 0 saturated heterocycles. The third-order valence-electron chi connectivity index (χ3n) is 3.62. The number of nitrogens with zero attached hydrogens (tertiary/aromatic N) is 1. The zero-order valence-corrected chi connectivity index (χ0v) is 13.4. The van der Waals surface area contributed by atoms with Crippen molar-refractivity contribution in [3.63, 3.8) is 0 Å². The third kappa shape index (κ3) is 4.69. The van der Waals surface area contributed by atoms with Crippen molar-refractivity contribution in [2.75, 3.05) is 27.2 Å².